The Hall–Kier alpha value is -4.17. The lowest BCUT2D eigenvalue weighted by atomic mass is 9.72. The lowest BCUT2D eigenvalue weighted by Gasteiger charge is -2.45. The Morgan fingerprint density at radius 1 is 1.00 bits per heavy atom. The van der Waals surface area contributed by atoms with Gasteiger partial charge in [0.1, 0.15) is 11.2 Å². The molecule has 6 rings (SSSR count). The molecule has 2 N–H and O–H groups in total. The molecule has 0 radical (unpaired) electrons. The van der Waals surface area contributed by atoms with Gasteiger partial charge in [0.2, 0.25) is 0 Å². The van der Waals surface area contributed by atoms with E-state index in [9.17, 15) is 19.5 Å². The van der Waals surface area contributed by atoms with Gasteiger partial charge in [0, 0.05) is 47.9 Å². The van der Waals surface area contributed by atoms with Gasteiger partial charge in [0.05, 0.1) is 16.8 Å². The number of amides is 2. The third-order valence-electron chi connectivity index (χ3n) is 7.62. The summed E-state index contributed by atoms with van der Waals surface area (Å²) in [6.07, 6.45) is 4.35. The molecule has 2 aromatic heterocycles. The number of carboxylic acids is 1. The molecule has 0 bridgehead atoms. The van der Waals surface area contributed by atoms with E-state index in [1.807, 2.05) is 30.3 Å². The van der Waals surface area contributed by atoms with E-state index in [-0.39, 0.29) is 23.9 Å². The van der Waals surface area contributed by atoms with E-state index in [4.69, 9.17) is 11.6 Å². The summed E-state index contributed by atoms with van der Waals surface area (Å²) in [5, 5.41) is 11.2. The summed E-state index contributed by atoms with van der Waals surface area (Å²) in [5.41, 5.74) is 2.73. The van der Waals surface area contributed by atoms with Crippen LogP contribution in [0.25, 0.3) is 11.0 Å². The van der Waals surface area contributed by atoms with Crippen LogP contribution in [0, 0.1) is 0 Å². The monoisotopic (exact) mass is 514 g/mol. The van der Waals surface area contributed by atoms with Gasteiger partial charge in [-0.3, -0.25) is 14.5 Å². The number of aromatic carboxylic acids is 1. The fraction of sp³-hybridized carbons (Fsp3) is 0.214. The summed E-state index contributed by atoms with van der Waals surface area (Å²) in [7, 11) is 0. The van der Waals surface area contributed by atoms with Crippen molar-refractivity contribution < 1.29 is 19.5 Å². The van der Waals surface area contributed by atoms with E-state index in [1.165, 1.54) is 11.1 Å². The molecule has 2 aliphatic heterocycles. The van der Waals surface area contributed by atoms with Crippen LogP contribution >= 0.6 is 11.6 Å². The third kappa shape index (κ3) is 3.76. The summed E-state index contributed by atoms with van der Waals surface area (Å²) in [5.74, 6) is -1.61. The molecular weight excluding hydrogens is 492 g/mol. The second-order valence-electron chi connectivity index (χ2n) is 9.58. The number of pyridine rings is 1. The molecule has 0 unspecified atom stereocenters. The van der Waals surface area contributed by atoms with Crippen molar-refractivity contribution in [3.8, 4) is 0 Å². The van der Waals surface area contributed by atoms with Gasteiger partial charge in [-0.2, -0.15) is 0 Å². The molecule has 1 saturated heterocycles. The smallest absolute Gasteiger partial charge is 0.339 e. The second kappa shape index (κ2) is 8.74. The van der Waals surface area contributed by atoms with Crippen molar-refractivity contribution in [1.29, 1.82) is 0 Å². The third-order valence-corrected chi connectivity index (χ3v) is 7.87. The van der Waals surface area contributed by atoms with Crippen molar-refractivity contribution in [2.24, 2.45) is 0 Å². The molecule has 4 heterocycles. The number of hydrogen-bond donors (Lipinski definition) is 2. The average Bonchev–Trinajstić information content (AvgIpc) is 3.48. The Kier molecular flexibility index (Phi) is 5.49. The van der Waals surface area contributed by atoms with Crippen molar-refractivity contribution in [3.63, 3.8) is 0 Å². The average molecular weight is 515 g/mol. The van der Waals surface area contributed by atoms with Gasteiger partial charge in [-0.25, -0.2) is 9.78 Å². The minimum absolute atomic E-state index is 0.145. The maximum Gasteiger partial charge on any atom is 0.339 e. The molecule has 0 saturated carbocycles. The lowest BCUT2D eigenvalue weighted by molar-refractivity contribution is 0.0598. The summed E-state index contributed by atoms with van der Waals surface area (Å²) < 4.78 is 0. The number of rotatable bonds is 5. The topological polar surface area (TPSA) is 107 Å². The van der Waals surface area contributed by atoms with Crippen LogP contribution in [0.1, 0.15) is 49.5 Å². The highest BCUT2D eigenvalue weighted by Crippen LogP contribution is 2.41. The number of benzene rings is 2. The highest BCUT2D eigenvalue weighted by molar-refractivity contribution is 6.30. The van der Waals surface area contributed by atoms with Crippen LogP contribution in [0.2, 0.25) is 5.02 Å². The number of aromatic nitrogens is 2. The van der Waals surface area contributed by atoms with E-state index < -0.39 is 11.4 Å². The Morgan fingerprint density at radius 3 is 2.27 bits per heavy atom. The Labute approximate surface area is 217 Å². The molecule has 2 amide bonds. The molecular formula is C28H23ClN4O4. The fourth-order valence-corrected chi connectivity index (χ4v) is 5.80. The highest BCUT2D eigenvalue weighted by Gasteiger charge is 2.44. The van der Waals surface area contributed by atoms with Crippen molar-refractivity contribution >= 4 is 46.1 Å². The standard InChI is InChI=1S/C28H23ClN4O4/c29-18-7-5-17(6-8-18)28(16-33-25(34)19-3-1-2-4-20(19)26(33)35)10-13-32(14-11-28)23-21-9-12-30-24(21)31-15-22(23)27(36)37/h1-9,12,15H,10-11,13-14,16H2,(H,30,31)(H,36,37). The lowest BCUT2D eigenvalue weighted by Crippen LogP contribution is -2.50. The number of nitrogens with zero attached hydrogens (tertiary/aromatic N) is 3. The van der Waals surface area contributed by atoms with Crippen LogP contribution in [0.3, 0.4) is 0 Å². The zero-order valence-electron chi connectivity index (χ0n) is 19.8. The molecule has 37 heavy (non-hydrogen) atoms. The Balaban J connectivity index is 1.36. The molecule has 0 spiro atoms. The van der Waals surface area contributed by atoms with Crippen molar-refractivity contribution in [2.75, 3.05) is 24.5 Å². The molecule has 186 valence electrons. The Morgan fingerprint density at radius 2 is 1.65 bits per heavy atom. The number of carboxylic acid groups (broad SMARTS) is 1. The minimum Gasteiger partial charge on any atom is -0.478 e. The normalized spacial score (nSPS) is 16.9. The van der Waals surface area contributed by atoms with Gasteiger partial charge in [0.25, 0.3) is 11.8 Å². The maximum atomic E-state index is 13.2. The molecule has 1 fully saturated rings. The number of piperidine rings is 1. The predicted molar refractivity (Wildman–Crippen MR) is 139 cm³/mol. The molecule has 9 heteroatoms. The van der Waals surface area contributed by atoms with Gasteiger partial charge >= 0.3 is 5.97 Å². The number of aromatic amines is 1. The number of anilines is 1. The first kappa shape index (κ1) is 23.2. The molecule has 2 aromatic carbocycles. The van der Waals surface area contributed by atoms with Crippen LogP contribution in [-0.2, 0) is 5.41 Å². The molecule has 2 aliphatic rings. The van der Waals surface area contributed by atoms with E-state index in [0.29, 0.717) is 53.4 Å². The van der Waals surface area contributed by atoms with Gasteiger partial charge in [-0.1, -0.05) is 35.9 Å². The van der Waals surface area contributed by atoms with Crippen LogP contribution in [0.5, 0.6) is 0 Å². The number of carbonyl (C=O) groups excluding carboxylic acids is 2. The first-order valence-electron chi connectivity index (χ1n) is 12.0. The Bertz CT molecular complexity index is 1520. The van der Waals surface area contributed by atoms with Crippen molar-refractivity contribution in [3.05, 3.63) is 94.3 Å². The summed E-state index contributed by atoms with van der Waals surface area (Å²) in [6.45, 7) is 1.31. The number of imide groups is 1. The number of H-pyrrole nitrogens is 1. The zero-order valence-corrected chi connectivity index (χ0v) is 20.5. The molecule has 8 nitrogen and oxygen atoms in total. The highest BCUT2D eigenvalue weighted by atomic mass is 35.5. The van der Waals surface area contributed by atoms with E-state index in [2.05, 4.69) is 14.9 Å². The van der Waals surface area contributed by atoms with Crippen LogP contribution in [0.15, 0.2) is 67.0 Å². The van der Waals surface area contributed by atoms with Gasteiger partial charge in [-0.05, 0) is 48.7 Å². The molecule has 0 atom stereocenters. The van der Waals surface area contributed by atoms with Gasteiger partial charge in [0.15, 0.2) is 0 Å². The summed E-state index contributed by atoms with van der Waals surface area (Å²) in [6, 6.07) is 16.3. The van der Waals surface area contributed by atoms with Gasteiger partial charge < -0.3 is 15.0 Å². The number of halogens is 1. The van der Waals surface area contributed by atoms with E-state index in [1.54, 1.807) is 30.5 Å². The van der Waals surface area contributed by atoms with Crippen molar-refractivity contribution in [2.45, 2.75) is 18.3 Å². The first-order chi connectivity index (χ1) is 17.9. The van der Waals surface area contributed by atoms with Crippen LogP contribution in [-0.4, -0.2) is 57.4 Å². The first-order valence-corrected chi connectivity index (χ1v) is 12.4. The number of carbonyl (C=O) groups is 3. The van der Waals surface area contributed by atoms with Gasteiger partial charge in [-0.15, -0.1) is 0 Å². The summed E-state index contributed by atoms with van der Waals surface area (Å²) in [4.78, 5) is 49.2. The number of nitrogens with one attached hydrogen (secondary N) is 1. The van der Waals surface area contributed by atoms with Crippen LogP contribution in [0.4, 0.5) is 5.69 Å². The fourth-order valence-electron chi connectivity index (χ4n) is 5.68. The largest absolute Gasteiger partial charge is 0.478 e. The number of fused-ring (bicyclic) bond motifs is 2. The summed E-state index contributed by atoms with van der Waals surface area (Å²) >= 11 is 6.18. The molecule has 0 aliphatic carbocycles. The quantitative estimate of drug-likeness (QED) is 0.372. The van der Waals surface area contributed by atoms with Crippen molar-refractivity contribution in [1.82, 2.24) is 14.9 Å². The zero-order chi connectivity index (χ0) is 25.7. The predicted octanol–water partition coefficient (Wildman–Crippen LogP) is 4.75. The second-order valence-corrected chi connectivity index (χ2v) is 10.0. The SMILES string of the molecule is O=C(O)c1cnc2[nH]ccc2c1N1CCC(CN2C(=O)c3ccccc3C2=O)(c2ccc(Cl)cc2)CC1. The molecule has 4 aromatic rings. The minimum atomic E-state index is -1.04. The van der Waals surface area contributed by atoms with E-state index >= 15 is 0 Å². The van der Waals surface area contributed by atoms with E-state index in [0.717, 1.165) is 10.9 Å². The number of hydrogen-bond acceptors (Lipinski definition) is 5. The van der Waals surface area contributed by atoms with Crippen LogP contribution < -0.4 is 4.90 Å². The maximum absolute atomic E-state index is 13.2.